The number of benzene rings is 2. The van der Waals surface area contributed by atoms with Gasteiger partial charge in [0.25, 0.3) is 0 Å². The van der Waals surface area contributed by atoms with Gasteiger partial charge in [-0.3, -0.25) is 4.79 Å². The summed E-state index contributed by atoms with van der Waals surface area (Å²) >= 11 is 0. The zero-order valence-electron chi connectivity index (χ0n) is 13.8. The maximum atomic E-state index is 12.2. The standard InChI is InChI=1S/C20H20O4/c1-4-11-24-19-10-7-15(13-20(19)23-3)6-9-18(22)16-12-14(2)5-8-17(16)21/h4-10,12-13,21H,1,11H2,2-3H3/b9-6+. The van der Waals surface area contributed by atoms with E-state index in [0.717, 1.165) is 11.1 Å². The Balaban J connectivity index is 2.20. The third-order valence-electron chi connectivity index (χ3n) is 3.39. The SMILES string of the molecule is C=CCOc1ccc(/C=C/C(=O)c2cc(C)ccc2O)cc1OC. The van der Waals surface area contributed by atoms with Crippen molar-refractivity contribution in [2.24, 2.45) is 0 Å². The molecule has 0 fully saturated rings. The molecule has 0 radical (unpaired) electrons. The first-order valence-electron chi connectivity index (χ1n) is 7.49. The van der Waals surface area contributed by atoms with Gasteiger partial charge in [-0.1, -0.05) is 36.4 Å². The molecule has 2 rings (SSSR count). The number of hydrogen-bond donors (Lipinski definition) is 1. The first-order chi connectivity index (χ1) is 11.5. The maximum absolute atomic E-state index is 12.2. The summed E-state index contributed by atoms with van der Waals surface area (Å²) in [6.07, 6.45) is 4.75. The Bertz CT molecular complexity index is 775. The summed E-state index contributed by atoms with van der Waals surface area (Å²) in [6, 6.07) is 10.3. The van der Waals surface area contributed by atoms with Crippen molar-refractivity contribution in [2.75, 3.05) is 13.7 Å². The van der Waals surface area contributed by atoms with Gasteiger partial charge in [-0.25, -0.2) is 0 Å². The van der Waals surface area contributed by atoms with Gasteiger partial charge in [-0.2, -0.15) is 0 Å². The Hall–Kier alpha value is -3.01. The zero-order valence-corrected chi connectivity index (χ0v) is 13.8. The molecule has 0 saturated heterocycles. The lowest BCUT2D eigenvalue weighted by atomic mass is 10.1. The van der Waals surface area contributed by atoms with Crippen LogP contribution in [0, 0.1) is 6.92 Å². The molecule has 0 amide bonds. The molecule has 0 aromatic heterocycles. The average Bonchev–Trinajstić information content (AvgIpc) is 2.60. The molecule has 0 bridgehead atoms. The van der Waals surface area contributed by atoms with Gasteiger partial charge in [0.05, 0.1) is 12.7 Å². The van der Waals surface area contributed by atoms with Gasteiger partial charge < -0.3 is 14.6 Å². The fourth-order valence-corrected chi connectivity index (χ4v) is 2.16. The van der Waals surface area contributed by atoms with E-state index in [0.29, 0.717) is 18.1 Å². The topological polar surface area (TPSA) is 55.8 Å². The smallest absolute Gasteiger partial charge is 0.189 e. The second-order valence-electron chi connectivity index (χ2n) is 5.23. The number of ketones is 1. The van der Waals surface area contributed by atoms with Crippen LogP contribution in [0.15, 0.2) is 55.1 Å². The third kappa shape index (κ3) is 4.26. The summed E-state index contributed by atoms with van der Waals surface area (Å²) in [5.74, 6) is 0.894. The summed E-state index contributed by atoms with van der Waals surface area (Å²) in [5.41, 5.74) is 1.98. The number of rotatable bonds is 7. The van der Waals surface area contributed by atoms with E-state index in [4.69, 9.17) is 9.47 Å². The summed E-state index contributed by atoms with van der Waals surface area (Å²) in [6.45, 7) is 5.86. The Labute approximate surface area is 141 Å². The molecule has 0 unspecified atom stereocenters. The number of aromatic hydroxyl groups is 1. The van der Waals surface area contributed by atoms with Gasteiger partial charge in [0.1, 0.15) is 12.4 Å². The van der Waals surface area contributed by atoms with Crippen LogP contribution in [0.25, 0.3) is 6.08 Å². The molecule has 0 atom stereocenters. The largest absolute Gasteiger partial charge is 0.507 e. The molecule has 0 aliphatic carbocycles. The van der Waals surface area contributed by atoms with Crippen molar-refractivity contribution in [1.29, 1.82) is 0 Å². The molecular formula is C20H20O4. The Kier molecular flexibility index (Phi) is 5.79. The summed E-state index contributed by atoms with van der Waals surface area (Å²) < 4.78 is 10.8. The van der Waals surface area contributed by atoms with Crippen molar-refractivity contribution in [2.45, 2.75) is 6.92 Å². The van der Waals surface area contributed by atoms with E-state index in [1.807, 2.05) is 13.0 Å². The van der Waals surface area contributed by atoms with E-state index < -0.39 is 0 Å². The number of hydrogen-bond acceptors (Lipinski definition) is 4. The first-order valence-corrected chi connectivity index (χ1v) is 7.49. The number of carbonyl (C=O) groups excluding carboxylic acids is 1. The molecule has 2 aromatic rings. The monoisotopic (exact) mass is 324 g/mol. The van der Waals surface area contributed by atoms with Gasteiger partial charge in [-0.05, 0) is 42.8 Å². The van der Waals surface area contributed by atoms with Crippen LogP contribution in [0.5, 0.6) is 17.2 Å². The van der Waals surface area contributed by atoms with Crippen LogP contribution >= 0.6 is 0 Å². The maximum Gasteiger partial charge on any atom is 0.189 e. The van der Waals surface area contributed by atoms with Crippen molar-refractivity contribution in [3.8, 4) is 17.2 Å². The second kappa shape index (κ2) is 8.02. The highest BCUT2D eigenvalue weighted by molar-refractivity contribution is 6.08. The van der Waals surface area contributed by atoms with Crippen LogP contribution in [0.2, 0.25) is 0 Å². The fourth-order valence-electron chi connectivity index (χ4n) is 2.16. The highest BCUT2D eigenvalue weighted by Gasteiger charge is 2.09. The minimum absolute atomic E-state index is 0.0268. The van der Waals surface area contributed by atoms with E-state index in [1.165, 1.54) is 12.1 Å². The minimum Gasteiger partial charge on any atom is -0.507 e. The molecule has 0 saturated carbocycles. The van der Waals surface area contributed by atoms with Crippen LogP contribution in [0.3, 0.4) is 0 Å². The fraction of sp³-hybridized carbons (Fsp3) is 0.150. The van der Waals surface area contributed by atoms with Gasteiger partial charge in [0, 0.05) is 0 Å². The molecule has 4 heteroatoms. The van der Waals surface area contributed by atoms with E-state index >= 15 is 0 Å². The Morgan fingerprint density at radius 2 is 2.00 bits per heavy atom. The summed E-state index contributed by atoms with van der Waals surface area (Å²) in [4.78, 5) is 12.2. The number of carbonyl (C=O) groups is 1. The molecule has 124 valence electrons. The third-order valence-corrected chi connectivity index (χ3v) is 3.39. The van der Waals surface area contributed by atoms with E-state index in [2.05, 4.69) is 6.58 Å². The van der Waals surface area contributed by atoms with Crippen molar-refractivity contribution >= 4 is 11.9 Å². The molecule has 4 nitrogen and oxygen atoms in total. The van der Waals surface area contributed by atoms with Gasteiger partial charge in [-0.15, -0.1) is 0 Å². The second-order valence-corrected chi connectivity index (χ2v) is 5.23. The predicted molar refractivity (Wildman–Crippen MR) is 94.9 cm³/mol. The predicted octanol–water partition coefficient (Wildman–Crippen LogP) is 4.17. The van der Waals surface area contributed by atoms with Crippen LogP contribution in [-0.4, -0.2) is 24.6 Å². The molecule has 2 aromatic carbocycles. The Morgan fingerprint density at radius 3 is 2.71 bits per heavy atom. The normalized spacial score (nSPS) is 10.6. The number of phenolic OH excluding ortho intramolecular Hbond substituents is 1. The van der Waals surface area contributed by atoms with Crippen LogP contribution in [0.4, 0.5) is 0 Å². The van der Waals surface area contributed by atoms with Crippen molar-refractivity contribution in [3.63, 3.8) is 0 Å². The number of ether oxygens (including phenoxy) is 2. The quantitative estimate of drug-likeness (QED) is 0.472. The molecule has 0 spiro atoms. The molecule has 1 N–H and O–H groups in total. The lowest BCUT2D eigenvalue weighted by Gasteiger charge is -2.09. The molecule has 24 heavy (non-hydrogen) atoms. The van der Waals surface area contributed by atoms with Crippen molar-refractivity contribution in [1.82, 2.24) is 0 Å². The van der Waals surface area contributed by atoms with Gasteiger partial charge >= 0.3 is 0 Å². The molecular weight excluding hydrogens is 304 g/mol. The first kappa shape index (κ1) is 17.3. The average molecular weight is 324 g/mol. The lowest BCUT2D eigenvalue weighted by molar-refractivity contribution is 0.104. The highest BCUT2D eigenvalue weighted by Crippen LogP contribution is 2.28. The zero-order chi connectivity index (χ0) is 17.5. The van der Waals surface area contributed by atoms with Crippen LogP contribution < -0.4 is 9.47 Å². The number of methoxy groups -OCH3 is 1. The van der Waals surface area contributed by atoms with Crippen LogP contribution in [-0.2, 0) is 0 Å². The van der Waals surface area contributed by atoms with Gasteiger partial charge in [0.2, 0.25) is 0 Å². The molecule has 0 aliphatic rings. The van der Waals surface area contributed by atoms with E-state index in [-0.39, 0.29) is 17.1 Å². The lowest BCUT2D eigenvalue weighted by Crippen LogP contribution is -1.97. The summed E-state index contributed by atoms with van der Waals surface area (Å²) in [7, 11) is 1.56. The van der Waals surface area contributed by atoms with Gasteiger partial charge in [0.15, 0.2) is 17.3 Å². The summed E-state index contributed by atoms with van der Waals surface area (Å²) in [5, 5.41) is 9.80. The Morgan fingerprint density at radius 1 is 1.21 bits per heavy atom. The van der Waals surface area contributed by atoms with Crippen LogP contribution in [0.1, 0.15) is 21.5 Å². The number of aryl methyl sites for hydroxylation is 1. The number of allylic oxidation sites excluding steroid dienone is 1. The molecule has 0 aliphatic heterocycles. The van der Waals surface area contributed by atoms with Crippen molar-refractivity contribution < 1.29 is 19.4 Å². The van der Waals surface area contributed by atoms with Crippen molar-refractivity contribution in [3.05, 3.63) is 71.8 Å². The highest BCUT2D eigenvalue weighted by atomic mass is 16.5. The number of phenols is 1. The minimum atomic E-state index is -0.262. The molecule has 0 heterocycles. The van der Waals surface area contributed by atoms with E-state index in [9.17, 15) is 9.90 Å². The van der Waals surface area contributed by atoms with E-state index in [1.54, 1.807) is 43.5 Å².